The van der Waals surface area contributed by atoms with Crippen LogP contribution in [-0.2, 0) is 9.59 Å². The number of hydrogen-bond acceptors (Lipinski definition) is 4. The van der Waals surface area contributed by atoms with E-state index >= 15 is 0 Å². The Labute approximate surface area is 167 Å². The minimum Gasteiger partial charge on any atom is -0.493 e. The van der Waals surface area contributed by atoms with Crippen LogP contribution in [-0.4, -0.2) is 26.0 Å². The lowest BCUT2D eigenvalue weighted by Gasteiger charge is -2.14. The van der Waals surface area contributed by atoms with E-state index in [1.807, 2.05) is 0 Å². The first-order valence-corrected chi connectivity index (χ1v) is 9.07. The van der Waals surface area contributed by atoms with Gasteiger partial charge in [0.25, 0.3) is 11.8 Å². The number of nitrogens with zero attached hydrogens (tertiary/aromatic N) is 1. The number of benzene rings is 2. The van der Waals surface area contributed by atoms with Crippen LogP contribution in [0.2, 0.25) is 0 Å². The summed E-state index contributed by atoms with van der Waals surface area (Å²) in [6.07, 6.45) is 1.52. The molecule has 6 nitrogen and oxygen atoms in total. The molecule has 0 saturated carbocycles. The summed E-state index contributed by atoms with van der Waals surface area (Å²) in [5, 5.41) is 1.22. The largest absolute Gasteiger partial charge is 0.493 e. The van der Waals surface area contributed by atoms with Crippen molar-refractivity contribution >= 4 is 55.4 Å². The average Bonchev–Trinajstić information content (AvgIpc) is 2.90. The van der Waals surface area contributed by atoms with Crippen LogP contribution in [0.25, 0.3) is 6.08 Å². The number of amides is 2. The third kappa shape index (κ3) is 3.47. The van der Waals surface area contributed by atoms with Gasteiger partial charge in [0.05, 0.1) is 24.4 Å². The second-order valence-electron chi connectivity index (χ2n) is 5.35. The molecule has 0 aromatic heterocycles. The van der Waals surface area contributed by atoms with E-state index in [1.54, 1.807) is 36.4 Å². The standard InChI is InChI=1S/C18H14Br2N2O4/c1-25-15-9-10(8-14(20)16(15)26-2)7-13-17(23)21-22(18(13)24)12-5-3-11(19)4-6-12/h3-9H,1-2H3,(H,21,23)/b13-7+. The van der Waals surface area contributed by atoms with Gasteiger partial charge in [0.15, 0.2) is 11.5 Å². The molecule has 0 spiro atoms. The first-order valence-electron chi connectivity index (χ1n) is 7.49. The quantitative estimate of drug-likeness (QED) is 0.534. The van der Waals surface area contributed by atoms with Crippen molar-refractivity contribution in [3.05, 3.63) is 56.5 Å². The molecule has 1 saturated heterocycles. The molecule has 0 aliphatic carbocycles. The van der Waals surface area contributed by atoms with E-state index in [4.69, 9.17) is 9.47 Å². The number of hydrazine groups is 1. The molecule has 2 amide bonds. The van der Waals surface area contributed by atoms with Crippen LogP contribution in [0.4, 0.5) is 5.69 Å². The van der Waals surface area contributed by atoms with Gasteiger partial charge in [-0.25, -0.2) is 5.01 Å². The molecule has 2 aromatic carbocycles. The highest BCUT2D eigenvalue weighted by Gasteiger charge is 2.34. The van der Waals surface area contributed by atoms with Gasteiger partial charge in [-0.15, -0.1) is 0 Å². The fourth-order valence-electron chi connectivity index (χ4n) is 2.52. The predicted octanol–water partition coefficient (Wildman–Crippen LogP) is 3.69. The Morgan fingerprint density at radius 1 is 1.04 bits per heavy atom. The maximum absolute atomic E-state index is 12.7. The van der Waals surface area contributed by atoms with Gasteiger partial charge < -0.3 is 9.47 Å². The van der Waals surface area contributed by atoms with Gasteiger partial charge in [-0.2, -0.15) is 0 Å². The summed E-state index contributed by atoms with van der Waals surface area (Å²) < 4.78 is 12.1. The summed E-state index contributed by atoms with van der Waals surface area (Å²) in [5.74, 6) is 0.129. The van der Waals surface area contributed by atoms with Crippen LogP contribution in [0.1, 0.15) is 5.56 Å². The van der Waals surface area contributed by atoms with Crippen molar-refractivity contribution in [2.45, 2.75) is 0 Å². The van der Waals surface area contributed by atoms with Gasteiger partial charge in [-0.3, -0.25) is 15.0 Å². The molecule has 3 rings (SSSR count). The van der Waals surface area contributed by atoms with E-state index in [0.717, 1.165) is 4.47 Å². The Kier molecular flexibility index (Phi) is 5.33. The third-order valence-corrected chi connectivity index (χ3v) is 4.86. The number of hydrogen-bond donors (Lipinski definition) is 1. The maximum Gasteiger partial charge on any atom is 0.282 e. The second kappa shape index (κ2) is 7.51. The molecule has 0 unspecified atom stereocenters. The molecular weight excluding hydrogens is 468 g/mol. The van der Waals surface area contributed by atoms with Gasteiger partial charge in [0.1, 0.15) is 5.57 Å². The minimum atomic E-state index is -0.469. The molecule has 1 aliphatic heterocycles. The van der Waals surface area contributed by atoms with Crippen molar-refractivity contribution in [1.82, 2.24) is 5.43 Å². The Morgan fingerprint density at radius 2 is 1.73 bits per heavy atom. The van der Waals surface area contributed by atoms with Gasteiger partial charge in [-0.1, -0.05) is 15.9 Å². The number of anilines is 1. The van der Waals surface area contributed by atoms with Crippen LogP contribution < -0.4 is 19.9 Å². The van der Waals surface area contributed by atoms with Crippen molar-refractivity contribution in [2.24, 2.45) is 0 Å². The molecule has 1 heterocycles. The summed E-state index contributed by atoms with van der Waals surface area (Å²) in [4.78, 5) is 24.9. The molecule has 1 aliphatic rings. The number of carbonyl (C=O) groups excluding carboxylic acids is 2. The highest BCUT2D eigenvalue weighted by molar-refractivity contribution is 9.10. The summed E-state index contributed by atoms with van der Waals surface area (Å²) in [6, 6.07) is 10.5. The average molecular weight is 482 g/mol. The zero-order valence-corrected chi connectivity index (χ0v) is 17.0. The van der Waals surface area contributed by atoms with E-state index < -0.39 is 11.8 Å². The first-order chi connectivity index (χ1) is 12.4. The van der Waals surface area contributed by atoms with Crippen molar-refractivity contribution in [3.63, 3.8) is 0 Å². The van der Waals surface area contributed by atoms with E-state index in [2.05, 4.69) is 37.3 Å². The van der Waals surface area contributed by atoms with Crippen LogP contribution in [0, 0.1) is 0 Å². The number of nitrogens with one attached hydrogen (secondary N) is 1. The lowest BCUT2D eigenvalue weighted by molar-refractivity contribution is -0.117. The summed E-state index contributed by atoms with van der Waals surface area (Å²) in [6.45, 7) is 0. The number of carbonyl (C=O) groups is 2. The predicted molar refractivity (Wildman–Crippen MR) is 105 cm³/mol. The fraction of sp³-hybridized carbons (Fsp3) is 0.111. The number of halogens is 2. The van der Waals surface area contributed by atoms with Gasteiger partial charge in [-0.05, 0) is 64.0 Å². The zero-order chi connectivity index (χ0) is 18.8. The Morgan fingerprint density at radius 3 is 2.35 bits per heavy atom. The van der Waals surface area contributed by atoms with Crippen molar-refractivity contribution in [1.29, 1.82) is 0 Å². The van der Waals surface area contributed by atoms with E-state index in [-0.39, 0.29) is 5.57 Å². The fourth-order valence-corrected chi connectivity index (χ4v) is 3.40. The van der Waals surface area contributed by atoms with Crippen LogP contribution >= 0.6 is 31.9 Å². The lowest BCUT2D eigenvalue weighted by Crippen LogP contribution is -2.35. The van der Waals surface area contributed by atoms with Gasteiger partial charge in [0.2, 0.25) is 0 Å². The molecule has 134 valence electrons. The zero-order valence-electron chi connectivity index (χ0n) is 13.9. The maximum atomic E-state index is 12.7. The molecule has 0 atom stereocenters. The topological polar surface area (TPSA) is 67.9 Å². The van der Waals surface area contributed by atoms with Crippen molar-refractivity contribution < 1.29 is 19.1 Å². The summed E-state index contributed by atoms with van der Waals surface area (Å²) in [5.41, 5.74) is 3.81. The normalized spacial score (nSPS) is 15.4. The Bertz CT molecular complexity index is 910. The summed E-state index contributed by atoms with van der Waals surface area (Å²) in [7, 11) is 3.05. The Hall–Kier alpha value is -2.32. The molecule has 1 fully saturated rings. The molecule has 0 bridgehead atoms. The Balaban J connectivity index is 1.96. The lowest BCUT2D eigenvalue weighted by atomic mass is 10.1. The molecule has 2 aromatic rings. The van der Waals surface area contributed by atoms with Crippen molar-refractivity contribution in [2.75, 3.05) is 19.2 Å². The summed E-state index contributed by atoms with van der Waals surface area (Å²) >= 11 is 6.74. The molecule has 8 heteroatoms. The third-order valence-electron chi connectivity index (χ3n) is 3.74. The minimum absolute atomic E-state index is 0.0343. The second-order valence-corrected chi connectivity index (χ2v) is 7.12. The SMILES string of the molecule is COc1cc(/C=C2\C(=O)NN(c3ccc(Br)cc3)C2=O)cc(Br)c1OC. The van der Waals surface area contributed by atoms with E-state index in [1.165, 1.54) is 25.3 Å². The first kappa shape index (κ1) is 18.5. The molecule has 0 radical (unpaired) electrons. The van der Waals surface area contributed by atoms with E-state index in [9.17, 15) is 9.59 Å². The highest BCUT2D eigenvalue weighted by Crippen LogP contribution is 2.37. The number of rotatable bonds is 4. The molecule has 1 N–H and O–H groups in total. The van der Waals surface area contributed by atoms with Crippen LogP contribution in [0.5, 0.6) is 11.5 Å². The number of methoxy groups -OCH3 is 2. The molecule has 26 heavy (non-hydrogen) atoms. The van der Waals surface area contributed by atoms with E-state index in [0.29, 0.717) is 27.2 Å². The van der Waals surface area contributed by atoms with Crippen LogP contribution in [0.15, 0.2) is 50.9 Å². The smallest absolute Gasteiger partial charge is 0.282 e. The van der Waals surface area contributed by atoms with Gasteiger partial charge in [0, 0.05) is 4.47 Å². The monoisotopic (exact) mass is 480 g/mol. The number of ether oxygens (including phenoxy) is 2. The van der Waals surface area contributed by atoms with Gasteiger partial charge >= 0.3 is 0 Å². The van der Waals surface area contributed by atoms with Crippen LogP contribution in [0.3, 0.4) is 0 Å². The van der Waals surface area contributed by atoms with Crippen molar-refractivity contribution in [3.8, 4) is 11.5 Å². The molecular formula is C18H14Br2N2O4. The highest BCUT2D eigenvalue weighted by atomic mass is 79.9.